The maximum Gasteiger partial charge on any atom is 0.282 e. The zero-order valence-electron chi connectivity index (χ0n) is 14.4. The quantitative estimate of drug-likeness (QED) is 0.424. The number of nitro groups is 1. The maximum absolute atomic E-state index is 13.0. The van der Waals surface area contributed by atoms with Crippen molar-refractivity contribution in [2.75, 3.05) is 4.90 Å². The second-order valence-corrected chi connectivity index (χ2v) is 5.92. The number of aliphatic imine (C=N–C) groups is 1. The Morgan fingerprint density at radius 3 is 2.54 bits per heavy atom. The Morgan fingerprint density at radius 2 is 1.89 bits per heavy atom. The minimum absolute atomic E-state index is 0.0982. The highest BCUT2D eigenvalue weighted by Crippen LogP contribution is 2.36. The van der Waals surface area contributed by atoms with Crippen LogP contribution in [0.2, 0.25) is 0 Å². The van der Waals surface area contributed by atoms with Gasteiger partial charge in [-0.15, -0.1) is 0 Å². The predicted octanol–water partition coefficient (Wildman–Crippen LogP) is 3.73. The van der Waals surface area contributed by atoms with Crippen LogP contribution in [0, 0.1) is 10.1 Å². The molecule has 138 valence electrons. The molecule has 2 aromatic carbocycles. The monoisotopic (exact) mass is 375 g/mol. The van der Waals surface area contributed by atoms with Gasteiger partial charge in [0.05, 0.1) is 22.9 Å². The van der Waals surface area contributed by atoms with Crippen molar-refractivity contribution < 1.29 is 19.2 Å². The molecule has 1 aromatic heterocycles. The summed E-state index contributed by atoms with van der Waals surface area (Å²) in [4.78, 5) is 29.0. The molecule has 8 heteroatoms. The van der Waals surface area contributed by atoms with Gasteiger partial charge in [0.1, 0.15) is 23.0 Å². The number of non-ortho nitro benzene ring substituents is 1. The molecule has 1 aliphatic heterocycles. The third kappa shape index (κ3) is 3.03. The van der Waals surface area contributed by atoms with Gasteiger partial charge < -0.3 is 9.52 Å². The van der Waals surface area contributed by atoms with Crippen LogP contribution in [0.4, 0.5) is 11.4 Å². The van der Waals surface area contributed by atoms with Crippen molar-refractivity contribution in [1.29, 1.82) is 0 Å². The molecular formula is C20H13N3O5. The largest absolute Gasteiger partial charge is 0.505 e. The summed E-state index contributed by atoms with van der Waals surface area (Å²) in [5, 5.41) is 21.3. The van der Waals surface area contributed by atoms with E-state index in [1.165, 1.54) is 29.4 Å². The molecule has 8 nitrogen and oxygen atoms in total. The molecule has 1 amide bonds. The van der Waals surface area contributed by atoms with Crippen molar-refractivity contribution in [3.63, 3.8) is 0 Å². The van der Waals surface area contributed by atoms with Crippen LogP contribution in [0.3, 0.4) is 0 Å². The fraction of sp³-hybridized carbons (Fsp3) is 0. The van der Waals surface area contributed by atoms with Crippen LogP contribution < -0.4 is 4.90 Å². The molecule has 0 bridgehead atoms. The summed E-state index contributed by atoms with van der Waals surface area (Å²) in [5.41, 5.74) is 0.585. The number of nitrogens with zero attached hydrogens (tertiary/aromatic N) is 3. The van der Waals surface area contributed by atoms with Crippen LogP contribution in [0.25, 0.3) is 6.08 Å². The molecule has 0 saturated carbocycles. The van der Waals surface area contributed by atoms with Crippen LogP contribution in [-0.2, 0) is 4.79 Å². The van der Waals surface area contributed by atoms with Gasteiger partial charge in [0.25, 0.3) is 11.6 Å². The summed E-state index contributed by atoms with van der Waals surface area (Å²) in [6.07, 6.45) is 2.97. The molecule has 4 rings (SSSR count). The number of carbonyl (C=O) groups is 1. The molecular weight excluding hydrogens is 362 g/mol. The van der Waals surface area contributed by atoms with E-state index in [9.17, 15) is 20.0 Å². The summed E-state index contributed by atoms with van der Waals surface area (Å²) in [5.74, 6) is -0.133. The highest BCUT2D eigenvalue weighted by Gasteiger charge is 2.34. The van der Waals surface area contributed by atoms with Crippen molar-refractivity contribution in [3.05, 3.63) is 94.1 Å². The zero-order valence-corrected chi connectivity index (χ0v) is 14.4. The van der Waals surface area contributed by atoms with Gasteiger partial charge in [-0.3, -0.25) is 19.8 Å². The van der Waals surface area contributed by atoms with Crippen molar-refractivity contribution in [2.24, 2.45) is 4.99 Å². The lowest BCUT2D eigenvalue weighted by molar-refractivity contribution is -0.384. The van der Waals surface area contributed by atoms with E-state index in [-0.39, 0.29) is 17.1 Å². The first-order valence-corrected chi connectivity index (χ1v) is 8.26. The van der Waals surface area contributed by atoms with E-state index in [1.807, 2.05) is 6.07 Å². The second-order valence-electron chi connectivity index (χ2n) is 5.92. The third-order valence-electron chi connectivity index (χ3n) is 4.13. The Kier molecular flexibility index (Phi) is 4.21. The van der Waals surface area contributed by atoms with Crippen molar-refractivity contribution in [1.82, 2.24) is 0 Å². The normalized spacial score (nSPS) is 15.1. The number of nitro benzene ring substituents is 1. The minimum atomic E-state index is -0.621. The fourth-order valence-electron chi connectivity index (χ4n) is 2.84. The first-order chi connectivity index (χ1) is 13.5. The third-order valence-corrected chi connectivity index (χ3v) is 4.13. The molecule has 28 heavy (non-hydrogen) atoms. The molecule has 1 N–H and O–H groups in total. The van der Waals surface area contributed by atoms with Crippen LogP contribution in [0.15, 0.2) is 82.0 Å². The molecule has 0 fully saturated rings. The summed E-state index contributed by atoms with van der Waals surface area (Å²) in [6, 6.07) is 15.9. The average molecular weight is 375 g/mol. The van der Waals surface area contributed by atoms with Gasteiger partial charge >= 0.3 is 0 Å². The van der Waals surface area contributed by atoms with Gasteiger partial charge in [0.2, 0.25) is 0 Å². The molecule has 0 radical (unpaired) electrons. The number of aromatic hydroxyl groups is 1. The minimum Gasteiger partial charge on any atom is -0.505 e. The van der Waals surface area contributed by atoms with E-state index in [4.69, 9.17) is 4.42 Å². The molecule has 0 unspecified atom stereocenters. The first kappa shape index (κ1) is 17.2. The second kappa shape index (κ2) is 6.84. The number of phenolic OH excluding ortho intramolecular Hbond substituents is 1. The summed E-state index contributed by atoms with van der Waals surface area (Å²) < 4.78 is 5.25. The number of carbonyl (C=O) groups excluding carboxylic acids is 1. The lowest BCUT2D eigenvalue weighted by atomic mass is 10.1. The smallest absolute Gasteiger partial charge is 0.282 e. The fourth-order valence-corrected chi connectivity index (χ4v) is 2.84. The van der Waals surface area contributed by atoms with E-state index >= 15 is 0 Å². The Hall–Kier alpha value is -4.20. The SMILES string of the molecule is O=C1C(=Cc2ccco2)N=C(c2ccccc2)N1c1ccc([N+](=O)[O-])cc1O. The summed E-state index contributed by atoms with van der Waals surface area (Å²) in [6.45, 7) is 0. The number of hydrogen-bond acceptors (Lipinski definition) is 6. The van der Waals surface area contributed by atoms with E-state index in [2.05, 4.69) is 4.99 Å². The Morgan fingerprint density at radius 1 is 1.11 bits per heavy atom. The molecule has 0 aliphatic carbocycles. The molecule has 2 heterocycles. The topological polar surface area (TPSA) is 109 Å². The van der Waals surface area contributed by atoms with E-state index in [0.717, 1.165) is 6.07 Å². The van der Waals surface area contributed by atoms with Gasteiger partial charge in [-0.25, -0.2) is 4.99 Å². The number of amidine groups is 1. The maximum atomic E-state index is 13.0. The summed E-state index contributed by atoms with van der Waals surface area (Å²) >= 11 is 0. The number of phenols is 1. The molecule has 3 aromatic rings. The van der Waals surface area contributed by atoms with Gasteiger partial charge in [-0.05, 0) is 18.2 Å². The average Bonchev–Trinajstić information content (AvgIpc) is 3.31. The highest BCUT2D eigenvalue weighted by atomic mass is 16.6. The summed E-state index contributed by atoms with van der Waals surface area (Å²) in [7, 11) is 0. The molecule has 0 atom stereocenters. The molecule has 0 saturated heterocycles. The van der Waals surface area contributed by atoms with Crippen LogP contribution >= 0.6 is 0 Å². The van der Waals surface area contributed by atoms with Crippen LogP contribution in [-0.4, -0.2) is 21.8 Å². The van der Waals surface area contributed by atoms with Crippen LogP contribution in [0.5, 0.6) is 5.75 Å². The first-order valence-electron chi connectivity index (χ1n) is 8.26. The van der Waals surface area contributed by atoms with Gasteiger partial charge in [-0.1, -0.05) is 30.3 Å². The highest BCUT2D eigenvalue weighted by molar-refractivity contribution is 6.33. The lowest BCUT2D eigenvalue weighted by Crippen LogP contribution is -2.32. The van der Waals surface area contributed by atoms with Gasteiger partial charge in [0, 0.05) is 17.7 Å². The molecule has 0 spiro atoms. The Balaban J connectivity index is 1.84. The molecule has 1 aliphatic rings. The zero-order chi connectivity index (χ0) is 19.7. The number of amides is 1. The lowest BCUT2D eigenvalue weighted by Gasteiger charge is -2.19. The van der Waals surface area contributed by atoms with E-state index in [1.54, 1.807) is 36.4 Å². The number of furan rings is 1. The van der Waals surface area contributed by atoms with E-state index < -0.39 is 16.6 Å². The number of hydrogen-bond donors (Lipinski definition) is 1. The van der Waals surface area contributed by atoms with Crippen molar-refractivity contribution in [3.8, 4) is 5.75 Å². The van der Waals surface area contributed by atoms with Crippen molar-refractivity contribution >= 4 is 29.2 Å². The number of anilines is 1. The predicted molar refractivity (Wildman–Crippen MR) is 102 cm³/mol. The standard InChI is InChI=1S/C20H13N3O5/c24-18-11-14(23(26)27)8-9-17(18)22-19(13-5-2-1-3-6-13)21-16(20(22)25)12-15-7-4-10-28-15/h1-12,24H. The van der Waals surface area contributed by atoms with Gasteiger partial charge in [-0.2, -0.15) is 0 Å². The van der Waals surface area contributed by atoms with Crippen molar-refractivity contribution in [2.45, 2.75) is 0 Å². The number of benzene rings is 2. The van der Waals surface area contributed by atoms with Gasteiger partial charge in [0.15, 0.2) is 0 Å². The van der Waals surface area contributed by atoms with Crippen LogP contribution in [0.1, 0.15) is 11.3 Å². The Labute approximate surface area is 158 Å². The Bertz CT molecular complexity index is 1120. The number of rotatable bonds is 4. The van der Waals surface area contributed by atoms with E-state index in [0.29, 0.717) is 17.2 Å².